The molecular weight excluding hydrogens is 404 g/mol. The minimum atomic E-state index is -0.717. The Balaban J connectivity index is 1.81. The molecule has 0 atom stereocenters. The maximum absolute atomic E-state index is 9.19. The summed E-state index contributed by atoms with van der Waals surface area (Å²) in [6.07, 6.45) is 4.83. The molecule has 0 aliphatic heterocycles. The molecule has 1 aliphatic rings. The maximum Gasteiger partial charge on any atom is 0.216 e. The fourth-order valence-corrected chi connectivity index (χ4v) is 5.24. The lowest BCUT2D eigenvalue weighted by Crippen LogP contribution is -2.35. The third-order valence-corrected chi connectivity index (χ3v) is 7.31. The van der Waals surface area contributed by atoms with Gasteiger partial charge in [-0.3, -0.25) is 0 Å². The summed E-state index contributed by atoms with van der Waals surface area (Å²) in [4.78, 5) is 3.82. The predicted octanol–water partition coefficient (Wildman–Crippen LogP) is 8.42. The number of furan rings is 1. The van der Waals surface area contributed by atoms with Crippen molar-refractivity contribution in [1.82, 2.24) is 0 Å². The quantitative estimate of drug-likeness (QED) is 0.232. The van der Waals surface area contributed by atoms with Gasteiger partial charge in [-0.1, -0.05) is 51.3 Å². The topological polar surface area (TPSA) is 21.4 Å². The second kappa shape index (κ2) is 8.34. The van der Waals surface area contributed by atoms with E-state index in [1.165, 1.54) is 0 Å². The highest BCUT2D eigenvalue weighted by atomic mass is 16.3. The molecule has 0 saturated heterocycles. The molecule has 1 fully saturated rings. The third kappa shape index (κ3) is 3.62. The third-order valence-electron chi connectivity index (χ3n) is 7.31. The van der Waals surface area contributed by atoms with Crippen LogP contribution in [0.5, 0.6) is 0 Å². The van der Waals surface area contributed by atoms with Crippen LogP contribution in [-0.4, -0.2) is 0 Å². The van der Waals surface area contributed by atoms with Crippen molar-refractivity contribution in [1.29, 1.82) is 0 Å². The number of hydrogen-bond donors (Lipinski definition) is 0. The van der Waals surface area contributed by atoms with Gasteiger partial charge in [-0.05, 0) is 54.3 Å². The minimum absolute atomic E-state index is 0.533. The Hall–Kier alpha value is -3.12. The highest BCUT2D eigenvalue weighted by Crippen LogP contribution is 2.44. The van der Waals surface area contributed by atoms with Crippen LogP contribution in [0.4, 0.5) is 5.69 Å². The molecule has 33 heavy (non-hydrogen) atoms. The van der Waals surface area contributed by atoms with Crippen LogP contribution in [0.1, 0.15) is 82.9 Å². The Kier molecular flexibility index (Phi) is 4.89. The fourth-order valence-electron chi connectivity index (χ4n) is 5.24. The van der Waals surface area contributed by atoms with E-state index >= 15 is 0 Å². The van der Waals surface area contributed by atoms with Crippen LogP contribution in [-0.2, 0) is 7.05 Å². The predicted molar refractivity (Wildman–Crippen MR) is 136 cm³/mol. The molecule has 0 N–H and O–H groups in total. The summed E-state index contributed by atoms with van der Waals surface area (Å²) in [5.41, 5.74) is 8.02. The van der Waals surface area contributed by atoms with E-state index in [2.05, 4.69) is 60.6 Å². The van der Waals surface area contributed by atoms with E-state index in [1.54, 1.807) is 0 Å². The van der Waals surface area contributed by atoms with Crippen LogP contribution in [0.3, 0.4) is 0 Å². The smallest absolute Gasteiger partial charge is 0.216 e. The van der Waals surface area contributed by atoms with Crippen LogP contribution in [0.15, 0.2) is 40.8 Å². The van der Waals surface area contributed by atoms with Crippen molar-refractivity contribution in [3.63, 3.8) is 0 Å². The van der Waals surface area contributed by atoms with Crippen LogP contribution in [0.2, 0.25) is 0 Å². The second-order valence-corrected chi connectivity index (χ2v) is 9.71. The van der Waals surface area contributed by atoms with E-state index < -0.39 is 11.8 Å². The summed E-state index contributed by atoms with van der Waals surface area (Å²) in [6.45, 7) is 15.8. The molecule has 0 radical (unpaired) electrons. The SMILES string of the molecule is [2H]C(C)(C)c1cc(C)[n+](C)c(-c2c(C)ccc3c2oc2cc([N+]#[C-])c(C4([2H])CCCCC4)cc23)c1. The molecule has 5 rings (SSSR count). The molecule has 0 bridgehead atoms. The van der Waals surface area contributed by atoms with Crippen LogP contribution in [0, 0.1) is 20.4 Å². The molecule has 2 heterocycles. The van der Waals surface area contributed by atoms with Crippen molar-refractivity contribution in [2.75, 3.05) is 0 Å². The standard InChI is InChI=1S/C30H33N2O/c1-18(2)22-14-20(4)32(6)27(15-22)29-19(3)12-13-23-25-16-24(21-10-8-7-9-11-21)26(31-5)17-28(25)33-30(23)29/h12-18,21H,7-11H2,1-4,6H3/q+1/i18D,21D. The molecule has 0 amide bonds. The van der Waals surface area contributed by atoms with Gasteiger partial charge in [0.2, 0.25) is 5.69 Å². The second-order valence-electron chi connectivity index (χ2n) is 9.71. The van der Waals surface area contributed by atoms with Crippen molar-refractivity contribution in [2.24, 2.45) is 7.05 Å². The normalized spacial score (nSPS) is 17.1. The molecule has 4 aromatic rings. The molecular formula is C30H33N2O+. The fraction of sp³-hybridized carbons (Fsp3) is 0.400. The molecule has 1 aliphatic carbocycles. The van der Waals surface area contributed by atoms with Gasteiger partial charge in [0.15, 0.2) is 11.4 Å². The minimum Gasteiger partial charge on any atom is -0.456 e. The van der Waals surface area contributed by atoms with E-state index in [9.17, 15) is 1.37 Å². The van der Waals surface area contributed by atoms with E-state index in [4.69, 9.17) is 12.4 Å². The maximum atomic E-state index is 9.19. The Morgan fingerprint density at radius 2 is 1.85 bits per heavy atom. The molecule has 3 nitrogen and oxygen atoms in total. The lowest BCUT2D eigenvalue weighted by molar-refractivity contribution is -0.666. The summed E-state index contributed by atoms with van der Waals surface area (Å²) >= 11 is 0. The average Bonchev–Trinajstić information content (AvgIpc) is 3.17. The van der Waals surface area contributed by atoms with Crippen molar-refractivity contribution in [3.05, 3.63) is 70.2 Å². The number of benzene rings is 2. The van der Waals surface area contributed by atoms with E-state index in [0.29, 0.717) is 11.3 Å². The van der Waals surface area contributed by atoms with E-state index in [1.807, 2.05) is 19.9 Å². The first kappa shape index (κ1) is 19.4. The number of hydrogen-bond acceptors (Lipinski definition) is 1. The average molecular weight is 440 g/mol. The van der Waals surface area contributed by atoms with Crippen LogP contribution >= 0.6 is 0 Å². The highest BCUT2D eigenvalue weighted by molar-refractivity contribution is 6.10. The van der Waals surface area contributed by atoms with Gasteiger partial charge in [-0.25, -0.2) is 4.85 Å². The lowest BCUT2D eigenvalue weighted by Gasteiger charge is -2.23. The van der Waals surface area contributed by atoms with Gasteiger partial charge in [0.25, 0.3) is 0 Å². The van der Waals surface area contributed by atoms with Gasteiger partial charge in [-0.2, -0.15) is 4.57 Å². The summed E-state index contributed by atoms with van der Waals surface area (Å²) in [6, 6.07) is 12.3. The van der Waals surface area contributed by atoms with E-state index in [0.717, 1.165) is 82.1 Å². The number of fused-ring (bicyclic) bond motifs is 3. The molecule has 2 aromatic heterocycles. The summed E-state index contributed by atoms with van der Waals surface area (Å²) in [5.74, 6) is -1.42. The highest BCUT2D eigenvalue weighted by Gasteiger charge is 2.25. The Bertz CT molecular complexity index is 1510. The molecule has 168 valence electrons. The van der Waals surface area contributed by atoms with Crippen molar-refractivity contribution < 1.29 is 11.7 Å². The number of rotatable bonds is 3. The van der Waals surface area contributed by atoms with Crippen LogP contribution < -0.4 is 4.57 Å². The number of pyridine rings is 1. The van der Waals surface area contributed by atoms with Crippen molar-refractivity contribution >= 4 is 27.6 Å². The van der Waals surface area contributed by atoms with Gasteiger partial charge in [0.1, 0.15) is 18.2 Å². The number of nitrogens with zero attached hydrogens (tertiary/aromatic N) is 2. The van der Waals surface area contributed by atoms with Crippen LogP contribution in [0.25, 0.3) is 38.0 Å². The lowest BCUT2D eigenvalue weighted by atomic mass is 9.83. The van der Waals surface area contributed by atoms with Gasteiger partial charge in [0.05, 0.1) is 12.1 Å². The molecule has 2 aromatic carbocycles. The summed E-state index contributed by atoms with van der Waals surface area (Å²) in [7, 11) is 2.05. The molecule has 0 unspecified atom stereocenters. The van der Waals surface area contributed by atoms with Crippen molar-refractivity contribution in [2.45, 2.75) is 71.6 Å². The zero-order chi connectivity index (χ0) is 25.1. The molecule has 3 heteroatoms. The van der Waals surface area contributed by atoms with Gasteiger partial charge >= 0.3 is 0 Å². The van der Waals surface area contributed by atoms with Gasteiger partial charge in [0, 0.05) is 32.6 Å². The summed E-state index contributed by atoms with van der Waals surface area (Å²) in [5, 5.41) is 1.98. The first-order valence-electron chi connectivity index (χ1n) is 12.9. The Labute approximate surface area is 199 Å². The van der Waals surface area contributed by atoms with Gasteiger partial charge in [-0.15, -0.1) is 0 Å². The van der Waals surface area contributed by atoms with Crippen molar-refractivity contribution in [3.8, 4) is 11.3 Å². The molecule has 0 spiro atoms. The number of aromatic nitrogens is 1. The zero-order valence-electron chi connectivity index (χ0n) is 22.3. The zero-order valence-corrected chi connectivity index (χ0v) is 20.3. The first-order valence-corrected chi connectivity index (χ1v) is 11.9. The number of aryl methyl sites for hydroxylation is 2. The van der Waals surface area contributed by atoms with E-state index in [-0.39, 0.29) is 0 Å². The largest absolute Gasteiger partial charge is 0.456 e. The monoisotopic (exact) mass is 439 g/mol. The molecule has 1 saturated carbocycles. The first-order chi connectivity index (χ1) is 16.5. The Morgan fingerprint density at radius 3 is 2.55 bits per heavy atom. The summed E-state index contributed by atoms with van der Waals surface area (Å²) < 4.78 is 26.4. The Morgan fingerprint density at radius 1 is 1.09 bits per heavy atom. The van der Waals surface area contributed by atoms with Gasteiger partial charge < -0.3 is 4.42 Å².